The molecule has 3 aromatic carbocycles. The molecule has 4 aromatic rings. The van der Waals surface area contributed by atoms with Gasteiger partial charge >= 0.3 is 12.1 Å². The zero-order valence-electron chi connectivity index (χ0n) is 20.7. The molecule has 0 saturated heterocycles. The number of pyridine rings is 1. The van der Waals surface area contributed by atoms with Gasteiger partial charge in [-0.1, -0.05) is 52.3 Å². The van der Waals surface area contributed by atoms with Crippen LogP contribution in [0, 0.1) is 12.7 Å². The van der Waals surface area contributed by atoms with Gasteiger partial charge in [-0.05, 0) is 49.2 Å². The van der Waals surface area contributed by atoms with E-state index in [-0.39, 0.29) is 12.0 Å². The Bertz CT molecular complexity index is 1540. The molecule has 0 spiro atoms. The van der Waals surface area contributed by atoms with Gasteiger partial charge in [0.1, 0.15) is 5.82 Å². The SMILES string of the molecule is Cc1c(-c2ccccc2)nc2ccc(Br)cc2c1C(=O)NC[C@@H](CCC(=O)O)c1c(F)cccc1C(F)(F)F. The molecule has 202 valence electrons. The summed E-state index contributed by atoms with van der Waals surface area (Å²) in [6.45, 7) is 1.32. The fraction of sp³-hybridized carbons (Fsp3) is 0.207. The van der Waals surface area contributed by atoms with Gasteiger partial charge in [0.15, 0.2) is 0 Å². The van der Waals surface area contributed by atoms with Gasteiger partial charge in [-0.2, -0.15) is 13.2 Å². The summed E-state index contributed by atoms with van der Waals surface area (Å²) in [5, 5.41) is 12.3. The van der Waals surface area contributed by atoms with E-state index in [4.69, 9.17) is 10.1 Å². The van der Waals surface area contributed by atoms with Crippen LogP contribution in [0.4, 0.5) is 17.6 Å². The Kier molecular flexibility index (Phi) is 8.34. The molecule has 2 N–H and O–H groups in total. The highest BCUT2D eigenvalue weighted by Crippen LogP contribution is 2.38. The minimum atomic E-state index is -4.86. The van der Waals surface area contributed by atoms with Crippen molar-refractivity contribution in [1.29, 1.82) is 0 Å². The number of nitrogens with one attached hydrogen (secondary N) is 1. The number of aliphatic carboxylic acids is 1. The molecule has 1 heterocycles. The number of benzene rings is 3. The Morgan fingerprint density at radius 1 is 1.05 bits per heavy atom. The van der Waals surface area contributed by atoms with Crippen LogP contribution in [0.25, 0.3) is 22.2 Å². The maximum Gasteiger partial charge on any atom is 0.416 e. The van der Waals surface area contributed by atoms with E-state index in [1.807, 2.05) is 30.3 Å². The van der Waals surface area contributed by atoms with Crippen LogP contribution >= 0.6 is 15.9 Å². The second-order valence-electron chi connectivity index (χ2n) is 9.03. The monoisotopic (exact) mass is 602 g/mol. The lowest BCUT2D eigenvalue weighted by Gasteiger charge is -2.23. The summed E-state index contributed by atoms with van der Waals surface area (Å²) >= 11 is 3.40. The average molecular weight is 603 g/mol. The lowest BCUT2D eigenvalue weighted by molar-refractivity contribution is -0.138. The van der Waals surface area contributed by atoms with E-state index in [2.05, 4.69) is 21.2 Å². The quantitative estimate of drug-likeness (QED) is 0.205. The number of amides is 1. The van der Waals surface area contributed by atoms with Crippen molar-refractivity contribution >= 4 is 38.7 Å². The highest BCUT2D eigenvalue weighted by atomic mass is 79.9. The number of hydrogen-bond donors (Lipinski definition) is 2. The molecule has 10 heteroatoms. The normalized spacial score (nSPS) is 12.4. The number of aromatic nitrogens is 1. The van der Waals surface area contributed by atoms with Gasteiger partial charge in [0.2, 0.25) is 0 Å². The third-order valence-electron chi connectivity index (χ3n) is 6.45. The van der Waals surface area contributed by atoms with Gasteiger partial charge in [0.25, 0.3) is 5.91 Å². The first kappa shape index (κ1) is 28.2. The summed E-state index contributed by atoms with van der Waals surface area (Å²) < 4.78 is 56.7. The van der Waals surface area contributed by atoms with E-state index < -0.39 is 53.9 Å². The molecule has 0 fully saturated rings. The summed E-state index contributed by atoms with van der Waals surface area (Å²) in [4.78, 5) is 29.6. The van der Waals surface area contributed by atoms with E-state index in [0.29, 0.717) is 26.6 Å². The molecule has 4 rings (SSSR count). The minimum Gasteiger partial charge on any atom is -0.481 e. The standard InChI is InChI=1S/C29H23BrF4N2O3/c1-16-25(20-14-19(30)11-12-23(20)36-27(16)17-6-3-2-4-7-17)28(39)35-15-18(10-13-24(37)38)26-21(29(32,33)34)8-5-9-22(26)31/h2-9,11-12,14,18H,10,13,15H2,1H3,(H,35,39)(H,37,38)/t18-/m1/s1. The Balaban J connectivity index is 1.76. The number of carboxylic acid groups (broad SMARTS) is 1. The van der Waals surface area contributed by atoms with Gasteiger partial charge < -0.3 is 10.4 Å². The Labute approximate surface area is 230 Å². The lowest BCUT2D eigenvalue weighted by atomic mass is 9.89. The summed E-state index contributed by atoms with van der Waals surface area (Å²) in [5.41, 5.74) is 0.808. The predicted molar refractivity (Wildman–Crippen MR) is 143 cm³/mol. The van der Waals surface area contributed by atoms with Crippen molar-refractivity contribution in [2.75, 3.05) is 6.54 Å². The number of carbonyl (C=O) groups excluding carboxylic acids is 1. The Morgan fingerprint density at radius 3 is 2.44 bits per heavy atom. The van der Waals surface area contributed by atoms with Gasteiger partial charge in [-0.25, -0.2) is 9.37 Å². The van der Waals surface area contributed by atoms with Crippen LogP contribution in [0.3, 0.4) is 0 Å². The summed E-state index contributed by atoms with van der Waals surface area (Å²) in [7, 11) is 0. The van der Waals surface area contributed by atoms with Crippen molar-refractivity contribution in [2.24, 2.45) is 0 Å². The van der Waals surface area contributed by atoms with Gasteiger partial charge in [-0.3, -0.25) is 9.59 Å². The highest BCUT2D eigenvalue weighted by Gasteiger charge is 2.37. The predicted octanol–water partition coefficient (Wildman–Crippen LogP) is 7.51. The van der Waals surface area contributed by atoms with Crippen molar-refractivity contribution in [3.05, 3.63) is 99.3 Å². The fourth-order valence-corrected chi connectivity index (χ4v) is 5.01. The van der Waals surface area contributed by atoms with Gasteiger partial charge in [-0.15, -0.1) is 0 Å². The third-order valence-corrected chi connectivity index (χ3v) is 6.94. The number of alkyl halides is 3. The maximum absolute atomic E-state index is 14.8. The van der Waals surface area contributed by atoms with Crippen molar-refractivity contribution < 1.29 is 32.3 Å². The summed E-state index contributed by atoms with van der Waals surface area (Å²) in [6.07, 6.45) is -5.68. The Morgan fingerprint density at radius 2 is 1.77 bits per heavy atom. The molecular weight excluding hydrogens is 580 g/mol. The zero-order chi connectivity index (χ0) is 28.3. The van der Waals surface area contributed by atoms with Crippen LogP contribution in [0.5, 0.6) is 0 Å². The number of carbonyl (C=O) groups is 2. The van der Waals surface area contributed by atoms with E-state index >= 15 is 0 Å². The smallest absolute Gasteiger partial charge is 0.416 e. The molecule has 0 saturated carbocycles. The van der Waals surface area contributed by atoms with Crippen molar-refractivity contribution in [1.82, 2.24) is 10.3 Å². The van der Waals surface area contributed by atoms with Crippen LogP contribution in [0.2, 0.25) is 0 Å². The largest absolute Gasteiger partial charge is 0.481 e. The number of rotatable bonds is 8. The maximum atomic E-state index is 14.8. The summed E-state index contributed by atoms with van der Waals surface area (Å²) in [5.74, 6) is -4.20. The molecule has 5 nitrogen and oxygen atoms in total. The van der Waals surface area contributed by atoms with Gasteiger partial charge in [0, 0.05) is 39.9 Å². The molecule has 0 aliphatic carbocycles. The lowest BCUT2D eigenvalue weighted by Crippen LogP contribution is -2.31. The van der Waals surface area contributed by atoms with Gasteiger partial charge in [0.05, 0.1) is 22.3 Å². The van der Waals surface area contributed by atoms with Crippen molar-refractivity contribution in [3.8, 4) is 11.3 Å². The number of fused-ring (bicyclic) bond motifs is 1. The molecular formula is C29H23BrF4N2O3. The van der Waals surface area contributed by atoms with E-state index in [0.717, 1.165) is 23.8 Å². The molecule has 0 radical (unpaired) electrons. The minimum absolute atomic E-state index is 0.265. The average Bonchev–Trinajstić information content (AvgIpc) is 2.88. The number of halogens is 5. The zero-order valence-corrected chi connectivity index (χ0v) is 22.2. The first-order chi connectivity index (χ1) is 18.5. The molecule has 39 heavy (non-hydrogen) atoms. The van der Waals surface area contributed by atoms with E-state index in [1.165, 1.54) is 0 Å². The number of hydrogen-bond acceptors (Lipinski definition) is 3. The molecule has 1 atom stereocenters. The number of carboxylic acids is 1. The van der Waals surface area contributed by atoms with Crippen LogP contribution < -0.4 is 5.32 Å². The summed E-state index contributed by atoms with van der Waals surface area (Å²) in [6, 6.07) is 17.0. The topological polar surface area (TPSA) is 79.3 Å². The van der Waals surface area contributed by atoms with E-state index in [9.17, 15) is 27.2 Å². The molecule has 1 amide bonds. The van der Waals surface area contributed by atoms with Crippen molar-refractivity contribution in [3.63, 3.8) is 0 Å². The first-order valence-corrected chi connectivity index (χ1v) is 12.8. The van der Waals surface area contributed by atoms with E-state index in [1.54, 1.807) is 25.1 Å². The second kappa shape index (κ2) is 11.5. The molecule has 0 unspecified atom stereocenters. The van der Waals surface area contributed by atoms with Crippen molar-refractivity contribution in [2.45, 2.75) is 31.9 Å². The molecule has 1 aromatic heterocycles. The number of nitrogens with zero attached hydrogens (tertiary/aromatic N) is 1. The third kappa shape index (κ3) is 6.27. The van der Waals surface area contributed by atoms with Crippen LogP contribution in [0.1, 0.15) is 45.8 Å². The fourth-order valence-electron chi connectivity index (χ4n) is 4.65. The van der Waals surface area contributed by atoms with Crippen LogP contribution in [-0.4, -0.2) is 28.5 Å². The Hall–Kier alpha value is -3.79. The van der Waals surface area contributed by atoms with Crippen LogP contribution in [-0.2, 0) is 11.0 Å². The second-order valence-corrected chi connectivity index (χ2v) is 9.94. The highest BCUT2D eigenvalue weighted by molar-refractivity contribution is 9.10. The molecule has 0 bridgehead atoms. The molecule has 0 aliphatic rings. The molecule has 0 aliphatic heterocycles. The first-order valence-electron chi connectivity index (χ1n) is 12.0. The van der Waals surface area contributed by atoms with Crippen LogP contribution in [0.15, 0.2) is 71.2 Å².